The molecule has 1 aromatic heterocycles. The Bertz CT molecular complexity index is 567. The zero-order chi connectivity index (χ0) is 14.6. The van der Waals surface area contributed by atoms with Gasteiger partial charge in [0, 0.05) is 11.8 Å². The molecule has 0 aliphatic rings. The number of hydrogen-bond acceptors (Lipinski definition) is 2. The summed E-state index contributed by atoms with van der Waals surface area (Å²) in [5, 5.41) is 2.94. The number of benzene rings is 1. The predicted octanol–water partition coefficient (Wildman–Crippen LogP) is 2.66. The predicted molar refractivity (Wildman–Crippen MR) is 79.1 cm³/mol. The standard InChI is InChI=1S/C16H21N3O/c1-16(2,3)15(20)17-10-14-13(18-11-19-14)9-12-7-5-4-6-8-12/h4-8,11H,9-10H2,1-3H3,(H,17,20)(H,18,19). The van der Waals surface area contributed by atoms with Crippen LogP contribution in [-0.2, 0) is 17.8 Å². The first-order valence-corrected chi connectivity index (χ1v) is 6.80. The van der Waals surface area contributed by atoms with Gasteiger partial charge in [0.25, 0.3) is 0 Å². The molecule has 1 aromatic carbocycles. The Hall–Kier alpha value is -2.10. The number of amides is 1. The Morgan fingerprint density at radius 3 is 2.60 bits per heavy atom. The van der Waals surface area contributed by atoms with E-state index in [0.717, 1.165) is 17.8 Å². The minimum Gasteiger partial charge on any atom is -0.350 e. The van der Waals surface area contributed by atoms with Crippen molar-refractivity contribution >= 4 is 5.91 Å². The van der Waals surface area contributed by atoms with Crippen molar-refractivity contribution in [3.63, 3.8) is 0 Å². The molecule has 0 radical (unpaired) electrons. The molecule has 1 heterocycles. The van der Waals surface area contributed by atoms with E-state index in [1.165, 1.54) is 5.56 Å². The van der Waals surface area contributed by atoms with Crippen LogP contribution in [0.15, 0.2) is 36.7 Å². The van der Waals surface area contributed by atoms with Gasteiger partial charge in [0.1, 0.15) is 0 Å². The summed E-state index contributed by atoms with van der Waals surface area (Å²) in [5.41, 5.74) is 2.78. The molecule has 0 unspecified atom stereocenters. The fourth-order valence-electron chi connectivity index (χ4n) is 1.88. The second-order valence-electron chi connectivity index (χ2n) is 5.92. The molecular formula is C16H21N3O. The maximum absolute atomic E-state index is 11.9. The highest BCUT2D eigenvalue weighted by molar-refractivity contribution is 5.81. The van der Waals surface area contributed by atoms with Gasteiger partial charge in [-0.3, -0.25) is 4.79 Å². The highest BCUT2D eigenvalue weighted by Crippen LogP contribution is 2.14. The molecule has 0 bridgehead atoms. The van der Waals surface area contributed by atoms with Gasteiger partial charge in [0.15, 0.2) is 0 Å². The Morgan fingerprint density at radius 1 is 1.25 bits per heavy atom. The Labute approximate surface area is 119 Å². The lowest BCUT2D eigenvalue weighted by atomic mass is 9.96. The molecule has 0 fully saturated rings. The van der Waals surface area contributed by atoms with E-state index in [0.29, 0.717) is 6.54 Å². The van der Waals surface area contributed by atoms with Gasteiger partial charge >= 0.3 is 0 Å². The summed E-state index contributed by atoms with van der Waals surface area (Å²) in [7, 11) is 0. The van der Waals surface area contributed by atoms with E-state index in [2.05, 4.69) is 27.4 Å². The number of nitrogens with one attached hydrogen (secondary N) is 2. The maximum Gasteiger partial charge on any atom is 0.225 e. The molecule has 0 saturated carbocycles. The van der Waals surface area contributed by atoms with E-state index >= 15 is 0 Å². The zero-order valence-electron chi connectivity index (χ0n) is 12.2. The maximum atomic E-state index is 11.9. The first-order chi connectivity index (χ1) is 9.47. The smallest absolute Gasteiger partial charge is 0.225 e. The number of aromatic nitrogens is 2. The summed E-state index contributed by atoms with van der Waals surface area (Å²) >= 11 is 0. The van der Waals surface area contributed by atoms with Gasteiger partial charge in [-0.2, -0.15) is 0 Å². The van der Waals surface area contributed by atoms with Gasteiger partial charge in [-0.25, -0.2) is 4.98 Å². The highest BCUT2D eigenvalue weighted by Gasteiger charge is 2.21. The third-order valence-corrected chi connectivity index (χ3v) is 3.13. The van der Waals surface area contributed by atoms with E-state index in [-0.39, 0.29) is 11.3 Å². The van der Waals surface area contributed by atoms with Crippen LogP contribution in [0.3, 0.4) is 0 Å². The van der Waals surface area contributed by atoms with Crippen molar-refractivity contribution in [2.75, 3.05) is 0 Å². The summed E-state index contributed by atoms with van der Waals surface area (Å²) < 4.78 is 0. The monoisotopic (exact) mass is 271 g/mol. The third-order valence-electron chi connectivity index (χ3n) is 3.13. The first-order valence-electron chi connectivity index (χ1n) is 6.80. The lowest BCUT2D eigenvalue weighted by molar-refractivity contribution is -0.128. The number of aromatic amines is 1. The molecule has 0 aliphatic heterocycles. The number of nitrogens with zero attached hydrogens (tertiary/aromatic N) is 1. The van der Waals surface area contributed by atoms with Crippen LogP contribution in [0.2, 0.25) is 0 Å². The SMILES string of the molecule is CC(C)(C)C(=O)NCc1[nH]cnc1Cc1ccccc1. The van der Waals surface area contributed by atoms with Crippen LogP contribution in [0.4, 0.5) is 0 Å². The molecule has 106 valence electrons. The van der Waals surface area contributed by atoms with Gasteiger partial charge < -0.3 is 10.3 Å². The topological polar surface area (TPSA) is 57.8 Å². The van der Waals surface area contributed by atoms with Crippen molar-refractivity contribution < 1.29 is 4.79 Å². The van der Waals surface area contributed by atoms with Crippen molar-refractivity contribution in [3.05, 3.63) is 53.6 Å². The van der Waals surface area contributed by atoms with Gasteiger partial charge in [0.2, 0.25) is 5.91 Å². The Kier molecular flexibility index (Phi) is 4.23. The molecule has 2 N–H and O–H groups in total. The lowest BCUT2D eigenvalue weighted by Crippen LogP contribution is -2.34. The van der Waals surface area contributed by atoms with Crippen LogP contribution in [0, 0.1) is 5.41 Å². The second kappa shape index (κ2) is 5.90. The van der Waals surface area contributed by atoms with Crippen LogP contribution in [0.5, 0.6) is 0 Å². The number of hydrogen-bond donors (Lipinski definition) is 2. The van der Waals surface area contributed by atoms with Crippen molar-refractivity contribution in [2.24, 2.45) is 5.41 Å². The molecule has 0 atom stereocenters. The summed E-state index contributed by atoms with van der Waals surface area (Å²) in [5.74, 6) is 0.0396. The minimum absolute atomic E-state index is 0.0396. The van der Waals surface area contributed by atoms with E-state index in [4.69, 9.17) is 0 Å². The van der Waals surface area contributed by atoms with Crippen molar-refractivity contribution in [2.45, 2.75) is 33.7 Å². The molecule has 0 spiro atoms. The molecule has 2 aromatic rings. The summed E-state index contributed by atoms with van der Waals surface area (Å²) in [6.45, 7) is 6.19. The van der Waals surface area contributed by atoms with Gasteiger partial charge in [-0.15, -0.1) is 0 Å². The van der Waals surface area contributed by atoms with E-state index in [1.54, 1.807) is 6.33 Å². The van der Waals surface area contributed by atoms with E-state index < -0.39 is 0 Å². The number of imidazole rings is 1. The molecular weight excluding hydrogens is 250 g/mol. The largest absolute Gasteiger partial charge is 0.350 e. The van der Waals surface area contributed by atoms with Crippen LogP contribution in [-0.4, -0.2) is 15.9 Å². The molecule has 0 saturated heterocycles. The van der Waals surface area contributed by atoms with Gasteiger partial charge in [0.05, 0.1) is 24.3 Å². The van der Waals surface area contributed by atoms with Crippen LogP contribution >= 0.6 is 0 Å². The number of carbonyl (C=O) groups excluding carboxylic acids is 1. The zero-order valence-corrected chi connectivity index (χ0v) is 12.2. The normalized spacial score (nSPS) is 11.3. The van der Waals surface area contributed by atoms with Gasteiger partial charge in [-0.05, 0) is 5.56 Å². The average Bonchev–Trinajstić information content (AvgIpc) is 2.83. The number of carbonyl (C=O) groups is 1. The van der Waals surface area contributed by atoms with E-state index in [9.17, 15) is 4.79 Å². The highest BCUT2D eigenvalue weighted by atomic mass is 16.2. The molecule has 20 heavy (non-hydrogen) atoms. The average molecular weight is 271 g/mol. The van der Waals surface area contributed by atoms with Gasteiger partial charge in [-0.1, -0.05) is 51.1 Å². The van der Waals surface area contributed by atoms with Crippen LogP contribution in [0.25, 0.3) is 0 Å². The molecule has 1 amide bonds. The summed E-state index contributed by atoms with van der Waals surface area (Å²) in [6.07, 6.45) is 2.45. The minimum atomic E-state index is -0.375. The fraction of sp³-hybridized carbons (Fsp3) is 0.375. The van der Waals surface area contributed by atoms with Crippen LogP contribution < -0.4 is 5.32 Å². The molecule has 4 nitrogen and oxygen atoms in total. The lowest BCUT2D eigenvalue weighted by Gasteiger charge is -2.17. The Balaban J connectivity index is 2.01. The number of H-pyrrole nitrogens is 1. The molecule has 4 heteroatoms. The quantitative estimate of drug-likeness (QED) is 0.898. The summed E-state index contributed by atoms with van der Waals surface area (Å²) in [6, 6.07) is 10.2. The fourth-order valence-corrected chi connectivity index (χ4v) is 1.88. The van der Waals surface area contributed by atoms with Crippen molar-refractivity contribution in [1.29, 1.82) is 0 Å². The summed E-state index contributed by atoms with van der Waals surface area (Å²) in [4.78, 5) is 19.3. The molecule has 0 aliphatic carbocycles. The van der Waals surface area contributed by atoms with Crippen molar-refractivity contribution in [3.8, 4) is 0 Å². The first kappa shape index (κ1) is 14.3. The number of rotatable bonds is 4. The molecule has 2 rings (SSSR count). The van der Waals surface area contributed by atoms with E-state index in [1.807, 2.05) is 39.0 Å². The third kappa shape index (κ3) is 3.70. The Morgan fingerprint density at radius 2 is 1.95 bits per heavy atom. The van der Waals surface area contributed by atoms with Crippen LogP contribution in [0.1, 0.15) is 37.7 Å². The van der Waals surface area contributed by atoms with Crippen molar-refractivity contribution in [1.82, 2.24) is 15.3 Å². The second-order valence-corrected chi connectivity index (χ2v) is 5.92.